The number of hydrogen-bond acceptors (Lipinski definition) is 6. The highest BCUT2D eigenvalue weighted by Gasteiger charge is 2.30. The molecular weight excluding hydrogens is 430 g/mol. The second kappa shape index (κ2) is 8.60. The molecule has 6 nitrogen and oxygen atoms in total. The van der Waals surface area contributed by atoms with Crippen molar-refractivity contribution in [3.8, 4) is 11.5 Å². The van der Waals surface area contributed by atoms with Crippen molar-refractivity contribution in [2.75, 3.05) is 6.79 Å². The highest BCUT2D eigenvalue weighted by Crippen LogP contribution is 2.38. The summed E-state index contributed by atoms with van der Waals surface area (Å²) in [5, 5.41) is 0.777. The molecule has 1 fully saturated rings. The quantitative estimate of drug-likeness (QED) is 0.485. The molecule has 2 heterocycles. The number of ether oxygens (including phenoxy) is 3. The lowest BCUT2D eigenvalue weighted by Gasteiger charge is -2.25. The molecule has 0 amide bonds. The van der Waals surface area contributed by atoms with Crippen molar-refractivity contribution in [3.05, 3.63) is 64.8 Å². The fourth-order valence-electron chi connectivity index (χ4n) is 5.18. The molecule has 6 rings (SSSR count). The molecule has 0 unspecified atom stereocenters. The molecule has 1 saturated carbocycles. The summed E-state index contributed by atoms with van der Waals surface area (Å²) in [6.45, 7) is 0.237. The second-order valence-corrected chi connectivity index (χ2v) is 9.07. The smallest absolute Gasteiger partial charge is 0.339 e. The van der Waals surface area contributed by atoms with Crippen molar-refractivity contribution >= 4 is 34.3 Å². The Balaban J connectivity index is 1.44. The van der Waals surface area contributed by atoms with Crippen LogP contribution >= 0.6 is 0 Å². The van der Waals surface area contributed by atoms with Gasteiger partial charge in [-0.15, -0.1) is 0 Å². The van der Waals surface area contributed by atoms with Gasteiger partial charge in [0.05, 0.1) is 16.8 Å². The Morgan fingerprint density at radius 2 is 1.88 bits per heavy atom. The van der Waals surface area contributed by atoms with Gasteiger partial charge in [0.15, 0.2) is 23.4 Å². The molecule has 172 valence electrons. The van der Waals surface area contributed by atoms with Gasteiger partial charge < -0.3 is 14.2 Å². The topological polar surface area (TPSA) is 74.7 Å². The second-order valence-electron chi connectivity index (χ2n) is 9.07. The molecule has 0 bridgehead atoms. The molecule has 0 N–H and O–H groups in total. The maximum Gasteiger partial charge on any atom is 0.339 e. The van der Waals surface area contributed by atoms with Crippen molar-refractivity contribution in [2.45, 2.75) is 51.0 Å². The number of nitrogens with zero attached hydrogens (tertiary/aromatic N) is 1. The van der Waals surface area contributed by atoms with Crippen LogP contribution in [0.1, 0.15) is 65.7 Å². The molecule has 1 aromatic heterocycles. The van der Waals surface area contributed by atoms with Crippen LogP contribution in [-0.4, -0.2) is 29.6 Å². The summed E-state index contributed by atoms with van der Waals surface area (Å²) in [7, 11) is 0. The normalized spacial score (nSPS) is 20.4. The summed E-state index contributed by atoms with van der Waals surface area (Å²) in [5.74, 6) is 1.09. The largest absolute Gasteiger partial charge is 0.454 e. The third-order valence-electron chi connectivity index (χ3n) is 6.86. The SMILES string of the molecule is O=C(O[C@@H]1CCCCC1=O)c1c2c(nc3ccccc13)/C(=C\c1ccc3c(c1)OCO3)CCC2. The number of carbonyl (C=O) groups excluding carboxylic acids is 2. The lowest BCUT2D eigenvalue weighted by Crippen LogP contribution is -2.30. The molecule has 2 aliphatic carbocycles. The van der Waals surface area contributed by atoms with E-state index in [-0.39, 0.29) is 12.6 Å². The molecule has 1 aliphatic heterocycles. The van der Waals surface area contributed by atoms with Crippen molar-refractivity contribution in [1.82, 2.24) is 4.98 Å². The van der Waals surface area contributed by atoms with Gasteiger partial charge in [0.1, 0.15) is 0 Å². The van der Waals surface area contributed by atoms with Gasteiger partial charge in [-0.3, -0.25) is 4.79 Å². The maximum absolute atomic E-state index is 13.5. The predicted octanol–water partition coefficient (Wildman–Crippen LogP) is 5.51. The molecule has 3 aliphatic rings. The van der Waals surface area contributed by atoms with Crippen LogP contribution in [0.2, 0.25) is 0 Å². The number of pyridine rings is 1. The van der Waals surface area contributed by atoms with E-state index in [4.69, 9.17) is 19.2 Å². The van der Waals surface area contributed by atoms with E-state index in [1.54, 1.807) is 0 Å². The zero-order valence-corrected chi connectivity index (χ0v) is 18.8. The van der Waals surface area contributed by atoms with E-state index in [2.05, 4.69) is 6.08 Å². The van der Waals surface area contributed by atoms with E-state index < -0.39 is 12.1 Å². The summed E-state index contributed by atoms with van der Waals surface area (Å²) in [6, 6.07) is 13.5. The number of fused-ring (bicyclic) bond motifs is 3. The van der Waals surface area contributed by atoms with Gasteiger partial charge in [-0.2, -0.15) is 0 Å². The fraction of sp³-hybridized carbons (Fsp3) is 0.321. The van der Waals surface area contributed by atoms with E-state index in [0.717, 1.165) is 76.9 Å². The van der Waals surface area contributed by atoms with Crippen LogP contribution < -0.4 is 9.47 Å². The van der Waals surface area contributed by atoms with Crippen molar-refractivity contribution < 1.29 is 23.8 Å². The van der Waals surface area contributed by atoms with Gasteiger partial charge in [0.2, 0.25) is 6.79 Å². The van der Waals surface area contributed by atoms with Crippen LogP contribution in [0.4, 0.5) is 0 Å². The van der Waals surface area contributed by atoms with E-state index in [1.165, 1.54) is 0 Å². The Kier molecular flexibility index (Phi) is 5.28. The summed E-state index contributed by atoms with van der Waals surface area (Å²) in [4.78, 5) is 30.8. The van der Waals surface area contributed by atoms with Gasteiger partial charge in [0, 0.05) is 11.8 Å². The number of ketones is 1. The molecule has 0 radical (unpaired) electrons. The molecule has 34 heavy (non-hydrogen) atoms. The minimum atomic E-state index is -0.643. The number of Topliss-reactive ketones (excluding diaryl/α,β-unsaturated/α-hetero) is 1. The summed E-state index contributed by atoms with van der Waals surface area (Å²) in [5.41, 5.74) is 5.12. The molecule has 0 saturated heterocycles. The fourth-order valence-corrected chi connectivity index (χ4v) is 5.18. The van der Waals surface area contributed by atoms with Gasteiger partial charge in [0.25, 0.3) is 0 Å². The standard InChI is InChI=1S/C28H25NO5/c30-22-10-3-4-11-23(22)34-28(31)26-19-7-1-2-9-21(19)29-27-18(6-5-8-20(26)27)14-17-12-13-24-25(15-17)33-16-32-24/h1-2,7,9,12-15,23H,3-6,8,10-11,16H2/b18-14-/t23-/m1/s1. The van der Waals surface area contributed by atoms with Crippen LogP contribution in [0.5, 0.6) is 11.5 Å². The zero-order chi connectivity index (χ0) is 23.1. The number of allylic oxidation sites excluding steroid dienone is 1. The summed E-state index contributed by atoms with van der Waals surface area (Å²) >= 11 is 0. The van der Waals surface area contributed by atoms with Crippen molar-refractivity contribution in [1.29, 1.82) is 0 Å². The molecule has 0 spiro atoms. The van der Waals surface area contributed by atoms with E-state index >= 15 is 0 Å². The molecule has 1 atom stereocenters. The Labute approximate surface area is 197 Å². The monoisotopic (exact) mass is 455 g/mol. The first kappa shape index (κ1) is 20.9. The Morgan fingerprint density at radius 3 is 2.79 bits per heavy atom. The van der Waals surface area contributed by atoms with Gasteiger partial charge in [-0.25, -0.2) is 9.78 Å². The number of hydrogen-bond donors (Lipinski definition) is 0. The Bertz CT molecular complexity index is 1340. The van der Waals surface area contributed by atoms with Crippen molar-refractivity contribution in [3.63, 3.8) is 0 Å². The third-order valence-corrected chi connectivity index (χ3v) is 6.86. The maximum atomic E-state index is 13.5. The summed E-state index contributed by atoms with van der Waals surface area (Å²) < 4.78 is 16.8. The average molecular weight is 456 g/mol. The molecule has 6 heteroatoms. The van der Waals surface area contributed by atoms with Crippen LogP contribution in [0.15, 0.2) is 42.5 Å². The van der Waals surface area contributed by atoms with Gasteiger partial charge >= 0.3 is 5.97 Å². The average Bonchev–Trinajstić information content (AvgIpc) is 3.32. The number of benzene rings is 2. The number of para-hydroxylation sites is 1. The lowest BCUT2D eigenvalue weighted by atomic mass is 9.85. The minimum Gasteiger partial charge on any atom is -0.454 e. The first-order chi connectivity index (χ1) is 16.7. The number of aromatic nitrogens is 1. The third kappa shape index (κ3) is 3.73. The van der Waals surface area contributed by atoms with Crippen LogP contribution in [-0.2, 0) is 16.0 Å². The predicted molar refractivity (Wildman–Crippen MR) is 128 cm³/mol. The number of rotatable bonds is 3. The Morgan fingerprint density at radius 1 is 1.00 bits per heavy atom. The molecule has 3 aromatic rings. The zero-order valence-electron chi connectivity index (χ0n) is 18.8. The van der Waals surface area contributed by atoms with Crippen LogP contribution in [0.25, 0.3) is 22.6 Å². The minimum absolute atomic E-state index is 0.0234. The highest BCUT2D eigenvalue weighted by molar-refractivity contribution is 6.07. The number of carbonyl (C=O) groups is 2. The molecule has 2 aromatic carbocycles. The van der Waals surface area contributed by atoms with Crippen molar-refractivity contribution in [2.24, 2.45) is 0 Å². The first-order valence-electron chi connectivity index (χ1n) is 11.9. The van der Waals surface area contributed by atoms with Crippen LogP contribution in [0.3, 0.4) is 0 Å². The first-order valence-corrected chi connectivity index (χ1v) is 11.9. The molecular formula is C28H25NO5. The number of esters is 1. The van der Waals surface area contributed by atoms with E-state index in [1.807, 2.05) is 42.5 Å². The van der Waals surface area contributed by atoms with Gasteiger partial charge in [-0.1, -0.05) is 24.3 Å². The van der Waals surface area contributed by atoms with E-state index in [9.17, 15) is 9.59 Å². The van der Waals surface area contributed by atoms with Crippen LogP contribution in [0, 0.1) is 0 Å². The Hall–Kier alpha value is -3.67. The van der Waals surface area contributed by atoms with Gasteiger partial charge in [-0.05, 0) is 79.5 Å². The van der Waals surface area contributed by atoms with E-state index in [0.29, 0.717) is 18.4 Å². The lowest BCUT2D eigenvalue weighted by molar-refractivity contribution is -0.129. The highest BCUT2D eigenvalue weighted by atomic mass is 16.7. The summed E-state index contributed by atoms with van der Waals surface area (Å²) in [6.07, 6.45) is 6.84.